The van der Waals surface area contributed by atoms with Crippen LogP contribution in [0.4, 0.5) is 0 Å². The fourth-order valence-electron chi connectivity index (χ4n) is 3.84. The predicted molar refractivity (Wildman–Crippen MR) is 95.2 cm³/mol. The van der Waals surface area contributed by atoms with E-state index in [1.165, 1.54) is 25.9 Å². The molecule has 0 radical (unpaired) electrons. The van der Waals surface area contributed by atoms with Gasteiger partial charge in [-0.3, -0.25) is 9.69 Å². The van der Waals surface area contributed by atoms with Crippen LogP contribution >= 0.6 is 22.7 Å². The average molecular weight is 348 g/mol. The summed E-state index contributed by atoms with van der Waals surface area (Å²) in [5.41, 5.74) is 0. The van der Waals surface area contributed by atoms with Crippen LogP contribution in [0.3, 0.4) is 0 Å². The van der Waals surface area contributed by atoms with Gasteiger partial charge >= 0.3 is 0 Å². The van der Waals surface area contributed by atoms with Crippen LogP contribution in [-0.2, 0) is 0 Å². The van der Waals surface area contributed by atoms with Gasteiger partial charge in [0.15, 0.2) is 0 Å². The number of rotatable bonds is 3. The number of nitrogens with one attached hydrogen (secondary N) is 1. The Morgan fingerprint density at radius 1 is 1.26 bits per heavy atom. The van der Waals surface area contributed by atoms with Crippen molar-refractivity contribution in [2.45, 2.75) is 38.8 Å². The van der Waals surface area contributed by atoms with Crippen molar-refractivity contribution in [2.24, 2.45) is 5.92 Å². The Morgan fingerprint density at radius 3 is 2.70 bits per heavy atom. The van der Waals surface area contributed by atoms with Gasteiger partial charge in [0.25, 0.3) is 5.91 Å². The first kappa shape index (κ1) is 15.3. The van der Waals surface area contributed by atoms with Crippen LogP contribution in [0, 0.1) is 12.8 Å². The zero-order valence-electron chi connectivity index (χ0n) is 13.4. The van der Waals surface area contributed by atoms with Gasteiger partial charge in [-0.2, -0.15) is 0 Å². The highest BCUT2D eigenvalue weighted by Crippen LogP contribution is 2.34. The quantitative estimate of drug-likeness (QED) is 0.926. The van der Waals surface area contributed by atoms with Gasteiger partial charge in [-0.15, -0.1) is 22.7 Å². The topological polar surface area (TPSA) is 45.2 Å². The number of piperidine rings is 3. The zero-order chi connectivity index (χ0) is 16.0. The van der Waals surface area contributed by atoms with E-state index in [4.69, 9.17) is 0 Å². The molecule has 3 aliphatic rings. The van der Waals surface area contributed by atoms with Gasteiger partial charge in [0, 0.05) is 23.2 Å². The minimum Gasteiger partial charge on any atom is -0.347 e. The molecule has 0 spiro atoms. The summed E-state index contributed by atoms with van der Waals surface area (Å²) >= 11 is 3.23. The highest BCUT2D eigenvalue weighted by molar-refractivity contribution is 7.22. The molecular weight excluding hydrogens is 326 g/mol. The summed E-state index contributed by atoms with van der Waals surface area (Å²) < 4.78 is 0. The molecule has 5 heterocycles. The van der Waals surface area contributed by atoms with Crippen LogP contribution in [0.5, 0.6) is 0 Å². The molecule has 2 bridgehead atoms. The van der Waals surface area contributed by atoms with Crippen molar-refractivity contribution in [1.82, 2.24) is 15.2 Å². The normalized spacial score (nSPS) is 29.7. The van der Waals surface area contributed by atoms with Crippen LogP contribution < -0.4 is 5.32 Å². The van der Waals surface area contributed by atoms with Crippen molar-refractivity contribution in [3.05, 3.63) is 28.2 Å². The summed E-state index contributed by atoms with van der Waals surface area (Å²) in [6, 6.07) is 4.72. The second kappa shape index (κ2) is 6.00. The second-order valence-corrected chi connectivity index (χ2v) is 8.84. The standard InChI is InChI=1S/C17H21N3OS2/c1-10-16(12-5-7-20(10)8-6-12)19-17(21)14-4-3-13(23-14)15-9-18-11(2)22-15/h3-4,9-10,12,16H,5-8H2,1-2H3,(H,19,21)/t10-,16-/m0/s1. The number of carbonyl (C=O) groups is 1. The van der Waals surface area contributed by atoms with E-state index in [0.717, 1.165) is 19.6 Å². The van der Waals surface area contributed by atoms with Crippen molar-refractivity contribution >= 4 is 28.6 Å². The van der Waals surface area contributed by atoms with Crippen LogP contribution in [0.2, 0.25) is 0 Å². The van der Waals surface area contributed by atoms with Gasteiger partial charge in [0.05, 0.1) is 14.8 Å². The molecule has 0 unspecified atom stereocenters. The lowest BCUT2D eigenvalue weighted by molar-refractivity contribution is 0.0218. The number of carbonyl (C=O) groups excluding carboxylic acids is 1. The van der Waals surface area contributed by atoms with Gasteiger partial charge in [0.1, 0.15) is 0 Å². The van der Waals surface area contributed by atoms with Gasteiger partial charge in [-0.05, 0) is 57.8 Å². The van der Waals surface area contributed by atoms with Gasteiger partial charge in [-0.25, -0.2) is 4.98 Å². The van der Waals surface area contributed by atoms with E-state index in [1.54, 1.807) is 22.7 Å². The van der Waals surface area contributed by atoms with Gasteiger partial charge in [-0.1, -0.05) is 0 Å². The van der Waals surface area contributed by atoms with E-state index in [0.29, 0.717) is 18.0 Å². The third-order valence-corrected chi connectivity index (χ3v) is 7.36. The number of fused-ring (bicyclic) bond motifs is 3. The Balaban J connectivity index is 1.48. The Morgan fingerprint density at radius 2 is 2.04 bits per heavy atom. The summed E-state index contributed by atoms with van der Waals surface area (Å²) in [7, 11) is 0. The molecule has 6 heteroatoms. The fraction of sp³-hybridized carbons (Fsp3) is 0.529. The molecule has 0 aliphatic carbocycles. The summed E-state index contributed by atoms with van der Waals surface area (Å²) in [4.78, 5) is 22.5. The SMILES string of the molecule is Cc1ncc(-c2ccc(C(=O)N[C@@H]3C4CCN(CC4)[C@H]3C)s2)s1. The van der Waals surface area contributed by atoms with Crippen LogP contribution in [0.15, 0.2) is 18.3 Å². The fourth-order valence-corrected chi connectivity index (χ4v) is 5.60. The van der Waals surface area contributed by atoms with Crippen LogP contribution in [-0.4, -0.2) is 41.0 Å². The Labute approximate surface area is 144 Å². The summed E-state index contributed by atoms with van der Waals surface area (Å²) in [5.74, 6) is 0.718. The molecule has 2 aromatic rings. The van der Waals surface area contributed by atoms with Crippen molar-refractivity contribution in [1.29, 1.82) is 0 Å². The number of nitrogens with zero attached hydrogens (tertiary/aromatic N) is 2. The van der Waals surface area contributed by atoms with E-state index < -0.39 is 0 Å². The molecule has 122 valence electrons. The molecule has 3 aliphatic heterocycles. The van der Waals surface area contributed by atoms with E-state index in [9.17, 15) is 4.79 Å². The summed E-state index contributed by atoms with van der Waals surface area (Å²) in [6.07, 6.45) is 4.32. The molecule has 0 saturated carbocycles. The molecular formula is C17H21N3OS2. The molecule has 3 saturated heterocycles. The predicted octanol–water partition coefficient (Wildman–Crippen LogP) is 3.39. The first-order valence-corrected chi connectivity index (χ1v) is 9.82. The van der Waals surface area contributed by atoms with E-state index in [1.807, 2.05) is 25.3 Å². The maximum absolute atomic E-state index is 12.7. The summed E-state index contributed by atoms with van der Waals surface area (Å²) in [6.45, 7) is 6.62. The lowest BCUT2D eigenvalue weighted by atomic mass is 9.79. The smallest absolute Gasteiger partial charge is 0.261 e. The number of aryl methyl sites for hydroxylation is 1. The number of hydrogen-bond donors (Lipinski definition) is 1. The number of aromatic nitrogens is 1. The molecule has 5 rings (SSSR count). The minimum absolute atomic E-state index is 0.0769. The third kappa shape index (κ3) is 2.84. The highest BCUT2D eigenvalue weighted by Gasteiger charge is 2.40. The molecule has 1 amide bonds. The lowest BCUT2D eigenvalue weighted by Crippen LogP contribution is -2.62. The number of thiazole rings is 1. The molecule has 3 fully saturated rings. The molecule has 1 N–H and O–H groups in total. The number of amides is 1. The minimum atomic E-state index is 0.0769. The van der Waals surface area contributed by atoms with Crippen LogP contribution in [0.1, 0.15) is 34.4 Å². The average Bonchev–Trinajstić information content (AvgIpc) is 3.20. The highest BCUT2D eigenvalue weighted by atomic mass is 32.1. The van der Waals surface area contributed by atoms with Crippen molar-refractivity contribution in [3.8, 4) is 9.75 Å². The molecule has 23 heavy (non-hydrogen) atoms. The van der Waals surface area contributed by atoms with Crippen molar-refractivity contribution < 1.29 is 4.79 Å². The second-order valence-electron chi connectivity index (χ2n) is 6.52. The third-order valence-electron chi connectivity index (χ3n) is 5.17. The maximum Gasteiger partial charge on any atom is 0.261 e. The molecule has 4 nitrogen and oxygen atoms in total. The Kier molecular flexibility index (Phi) is 3.99. The monoisotopic (exact) mass is 347 g/mol. The largest absolute Gasteiger partial charge is 0.347 e. The van der Waals surface area contributed by atoms with E-state index in [-0.39, 0.29) is 5.91 Å². The maximum atomic E-state index is 12.7. The van der Waals surface area contributed by atoms with E-state index in [2.05, 4.69) is 22.1 Å². The summed E-state index contributed by atoms with van der Waals surface area (Å²) in [5, 5.41) is 4.36. The molecule has 2 aromatic heterocycles. The number of hydrogen-bond acceptors (Lipinski definition) is 5. The first-order chi connectivity index (χ1) is 11.1. The Bertz CT molecular complexity index is 713. The molecule has 2 atom stereocenters. The van der Waals surface area contributed by atoms with Gasteiger partial charge in [0.2, 0.25) is 0 Å². The van der Waals surface area contributed by atoms with Crippen molar-refractivity contribution in [2.75, 3.05) is 13.1 Å². The van der Waals surface area contributed by atoms with Gasteiger partial charge < -0.3 is 5.32 Å². The Hall–Kier alpha value is -1.24. The lowest BCUT2D eigenvalue weighted by Gasteiger charge is -2.49. The zero-order valence-corrected chi connectivity index (χ0v) is 15.0. The first-order valence-electron chi connectivity index (χ1n) is 8.19. The van der Waals surface area contributed by atoms with Crippen LogP contribution in [0.25, 0.3) is 9.75 Å². The van der Waals surface area contributed by atoms with Crippen molar-refractivity contribution in [3.63, 3.8) is 0 Å². The number of thiophene rings is 1. The van der Waals surface area contributed by atoms with E-state index >= 15 is 0 Å². The molecule has 0 aromatic carbocycles.